The number of hydrogen-bond donors (Lipinski definition) is 2. The topological polar surface area (TPSA) is 127 Å². The molecule has 0 saturated heterocycles. The third kappa shape index (κ3) is 4.63. The molecule has 1 aromatic heterocycles. The van der Waals surface area contributed by atoms with Crippen molar-refractivity contribution >= 4 is 44.6 Å². The monoisotopic (exact) mass is 356 g/mol. The summed E-state index contributed by atoms with van der Waals surface area (Å²) in [5, 5.41) is 19.6. The third-order valence-electron chi connectivity index (χ3n) is 2.61. The van der Waals surface area contributed by atoms with E-state index in [0.29, 0.717) is 24.2 Å². The van der Waals surface area contributed by atoms with Crippen LogP contribution in [-0.2, 0) is 14.8 Å². The quantitative estimate of drug-likeness (QED) is 0.542. The molecule has 0 spiro atoms. The maximum absolute atomic E-state index is 12.0. The second kappa shape index (κ2) is 7.16. The summed E-state index contributed by atoms with van der Waals surface area (Å²) in [7, 11) is -4.03. The SMILES string of the molecule is CCCC(CNS(=O)(=O)c1cc([N+](=O)[O-])c(Cl)s1)C(=O)O. The molecule has 0 saturated carbocycles. The Morgan fingerprint density at radius 2 is 2.24 bits per heavy atom. The molecule has 1 aromatic rings. The zero-order chi connectivity index (χ0) is 16.2. The van der Waals surface area contributed by atoms with Gasteiger partial charge < -0.3 is 5.11 Å². The number of halogens is 1. The van der Waals surface area contributed by atoms with Gasteiger partial charge in [-0.25, -0.2) is 13.1 Å². The van der Waals surface area contributed by atoms with Crippen molar-refractivity contribution in [3.05, 3.63) is 20.5 Å². The highest BCUT2D eigenvalue weighted by molar-refractivity contribution is 7.91. The van der Waals surface area contributed by atoms with Crippen LogP contribution in [0.3, 0.4) is 0 Å². The number of carbonyl (C=O) groups is 1. The summed E-state index contributed by atoms with van der Waals surface area (Å²) in [6.07, 6.45) is 0.915. The first-order chi connectivity index (χ1) is 9.69. The van der Waals surface area contributed by atoms with Crippen LogP contribution < -0.4 is 4.72 Å². The van der Waals surface area contributed by atoms with Gasteiger partial charge in [-0.3, -0.25) is 14.9 Å². The standard InChI is InChI=1S/C10H13ClN2O6S2/c1-2-3-6(10(14)15)5-12-21(18,19)8-4-7(13(16)17)9(11)20-8/h4,6,12H,2-3,5H2,1H3,(H,14,15). The fourth-order valence-electron chi connectivity index (χ4n) is 1.54. The largest absolute Gasteiger partial charge is 0.481 e. The number of nitro groups is 1. The molecule has 118 valence electrons. The van der Waals surface area contributed by atoms with Crippen molar-refractivity contribution in [2.75, 3.05) is 6.54 Å². The third-order valence-corrected chi connectivity index (χ3v) is 5.85. The normalized spacial score (nSPS) is 13.0. The Bertz CT molecular complexity index is 642. The van der Waals surface area contributed by atoms with Gasteiger partial charge in [0.2, 0.25) is 10.0 Å². The number of nitrogens with zero attached hydrogens (tertiary/aromatic N) is 1. The smallest absolute Gasteiger partial charge is 0.307 e. The minimum atomic E-state index is -4.03. The molecule has 0 aliphatic carbocycles. The fraction of sp³-hybridized carbons (Fsp3) is 0.500. The first kappa shape index (κ1) is 17.8. The van der Waals surface area contributed by atoms with E-state index in [9.17, 15) is 23.3 Å². The molecule has 2 N–H and O–H groups in total. The second-order valence-corrected chi connectivity index (χ2v) is 7.81. The summed E-state index contributed by atoms with van der Waals surface area (Å²) in [5.41, 5.74) is -0.495. The van der Waals surface area contributed by atoms with Crippen LogP contribution in [-0.4, -0.2) is 31.0 Å². The minimum absolute atomic E-state index is 0.247. The molecule has 0 fully saturated rings. The van der Waals surface area contributed by atoms with Gasteiger partial charge in [0.15, 0.2) is 4.34 Å². The lowest BCUT2D eigenvalue weighted by Crippen LogP contribution is -2.32. The predicted octanol–water partition coefficient (Wildman–Crippen LogP) is 2.09. The molecule has 11 heteroatoms. The van der Waals surface area contributed by atoms with Crippen LogP contribution in [0.1, 0.15) is 19.8 Å². The van der Waals surface area contributed by atoms with Gasteiger partial charge in [-0.1, -0.05) is 24.9 Å². The van der Waals surface area contributed by atoms with E-state index in [1.807, 2.05) is 0 Å². The van der Waals surface area contributed by atoms with Crippen LogP contribution in [0.4, 0.5) is 5.69 Å². The molecule has 0 bridgehead atoms. The van der Waals surface area contributed by atoms with Crippen molar-refractivity contribution in [3.63, 3.8) is 0 Å². The van der Waals surface area contributed by atoms with Crippen LogP contribution >= 0.6 is 22.9 Å². The van der Waals surface area contributed by atoms with Gasteiger partial charge in [-0.05, 0) is 6.42 Å². The van der Waals surface area contributed by atoms with E-state index in [0.717, 1.165) is 6.07 Å². The van der Waals surface area contributed by atoms with Crippen LogP contribution in [0.2, 0.25) is 4.34 Å². The van der Waals surface area contributed by atoms with Gasteiger partial charge in [0, 0.05) is 12.6 Å². The molecule has 1 heterocycles. The highest BCUT2D eigenvalue weighted by Crippen LogP contribution is 2.36. The van der Waals surface area contributed by atoms with Crippen molar-refractivity contribution in [2.24, 2.45) is 5.92 Å². The molecule has 0 aliphatic rings. The molecule has 0 aromatic carbocycles. The van der Waals surface area contributed by atoms with Crippen molar-refractivity contribution < 1.29 is 23.2 Å². The average molecular weight is 357 g/mol. The minimum Gasteiger partial charge on any atom is -0.481 e. The number of rotatable bonds is 8. The summed E-state index contributed by atoms with van der Waals surface area (Å²) in [4.78, 5) is 20.8. The van der Waals surface area contributed by atoms with Crippen LogP contribution in [0.15, 0.2) is 10.3 Å². The van der Waals surface area contributed by atoms with E-state index in [-0.39, 0.29) is 15.1 Å². The average Bonchev–Trinajstić information content (AvgIpc) is 2.77. The molecule has 1 rings (SSSR count). The summed E-state index contributed by atoms with van der Waals surface area (Å²) in [6, 6.07) is 0.852. The van der Waals surface area contributed by atoms with Crippen molar-refractivity contribution in [1.82, 2.24) is 4.72 Å². The Morgan fingerprint density at radius 3 is 2.67 bits per heavy atom. The van der Waals surface area contributed by atoms with Crippen LogP contribution in [0.5, 0.6) is 0 Å². The van der Waals surface area contributed by atoms with Gasteiger partial charge in [-0.2, -0.15) is 0 Å². The number of carboxylic acid groups (broad SMARTS) is 1. The van der Waals surface area contributed by atoms with Crippen molar-refractivity contribution in [1.29, 1.82) is 0 Å². The van der Waals surface area contributed by atoms with Gasteiger partial charge in [0.25, 0.3) is 5.69 Å². The second-order valence-electron chi connectivity index (χ2n) is 4.16. The lowest BCUT2D eigenvalue weighted by atomic mass is 10.1. The Hall–Kier alpha value is -1.23. The highest BCUT2D eigenvalue weighted by Gasteiger charge is 2.27. The van der Waals surface area contributed by atoms with E-state index in [1.54, 1.807) is 6.92 Å². The number of aliphatic carboxylic acids is 1. The van der Waals surface area contributed by atoms with Gasteiger partial charge in [0.05, 0.1) is 10.8 Å². The Labute approximate surface area is 129 Å². The lowest BCUT2D eigenvalue weighted by molar-refractivity contribution is -0.384. The zero-order valence-corrected chi connectivity index (χ0v) is 13.3. The van der Waals surface area contributed by atoms with E-state index < -0.39 is 32.5 Å². The molecular formula is C10H13ClN2O6S2. The molecule has 21 heavy (non-hydrogen) atoms. The number of carboxylic acids is 1. The number of sulfonamides is 1. The molecular weight excluding hydrogens is 344 g/mol. The summed E-state index contributed by atoms with van der Waals surface area (Å²) >= 11 is 6.15. The van der Waals surface area contributed by atoms with Crippen LogP contribution in [0, 0.1) is 16.0 Å². The molecule has 1 unspecified atom stereocenters. The highest BCUT2D eigenvalue weighted by atomic mass is 35.5. The maximum Gasteiger partial charge on any atom is 0.307 e. The molecule has 0 amide bonds. The number of hydrogen-bond acceptors (Lipinski definition) is 6. The Kier molecular flexibility index (Phi) is 6.08. The molecule has 8 nitrogen and oxygen atoms in total. The maximum atomic E-state index is 12.0. The number of nitrogens with one attached hydrogen (secondary N) is 1. The summed E-state index contributed by atoms with van der Waals surface area (Å²) in [6.45, 7) is 1.50. The zero-order valence-electron chi connectivity index (χ0n) is 10.9. The van der Waals surface area contributed by atoms with E-state index in [2.05, 4.69) is 4.72 Å². The molecule has 0 radical (unpaired) electrons. The van der Waals surface area contributed by atoms with Gasteiger partial charge in [0.1, 0.15) is 4.21 Å². The molecule has 1 atom stereocenters. The predicted molar refractivity (Wildman–Crippen MR) is 77.2 cm³/mol. The van der Waals surface area contributed by atoms with E-state index in [1.165, 1.54) is 0 Å². The number of thiophene rings is 1. The molecule has 0 aliphatic heterocycles. The van der Waals surface area contributed by atoms with E-state index in [4.69, 9.17) is 16.7 Å². The lowest BCUT2D eigenvalue weighted by Gasteiger charge is -2.11. The first-order valence-corrected chi connectivity index (χ1v) is 8.53. The van der Waals surface area contributed by atoms with Gasteiger partial charge in [-0.15, -0.1) is 11.3 Å². The van der Waals surface area contributed by atoms with Crippen LogP contribution in [0.25, 0.3) is 0 Å². The Balaban J connectivity index is 2.89. The van der Waals surface area contributed by atoms with Crippen molar-refractivity contribution in [2.45, 2.75) is 24.0 Å². The van der Waals surface area contributed by atoms with E-state index >= 15 is 0 Å². The van der Waals surface area contributed by atoms with Gasteiger partial charge >= 0.3 is 5.97 Å². The van der Waals surface area contributed by atoms with Crippen molar-refractivity contribution in [3.8, 4) is 0 Å². The summed E-state index contributed by atoms with van der Waals surface area (Å²) < 4.78 is 25.5. The first-order valence-electron chi connectivity index (χ1n) is 5.85. The summed E-state index contributed by atoms with van der Waals surface area (Å²) in [5.74, 6) is -1.95. The fourth-order valence-corrected chi connectivity index (χ4v) is 4.33. The Morgan fingerprint density at radius 1 is 1.62 bits per heavy atom.